The van der Waals surface area contributed by atoms with Gasteiger partial charge in [0.2, 0.25) is 0 Å². The highest BCUT2D eigenvalue weighted by Gasteiger charge is 2.51. The number of rotatable bonds is 10. The first-order valence-corrected chi connectivity index (χ1v) is 13.3. The number of aromatic nitrogens is 3. The maximum absolute atomic E-state index is 14.3. The van der Waals surface area contributed by atoms with Gasteiger partial charge in [-0.3, -0.25) is 0 Å². The molecule has 1 aliphatic carbocycles. The van der Waals surface area contributed by atoms with Gasteiger partial charge in [-0.15, -0.1) is 0 Å². The van der Waals surface area contributed by atoms with Crippen LogP contribution in [0.25, 0.3) is 17.3 Å². The minimum atomic E-state index is -1.28. The van der Waals surface area contributed by atoms with Crippen LogP contribution in [0.4, 0.5) is 10.2 Å². The molecule has 1 fully saturated rings. The number of halogens is 1. The number of nitrogens with zero attached hydrogens (tertiary/aromatic N) is 2. The molecule has 0 saturated heterocycles. The molecule has 4 aromatic rings. The molecule has 2 heterocycles. The lowest BCUT2D eigenvalue weighted by molar-refractivity contribution is 0.364. The molecule has 5 rings (SSSR count). The Bertz CT molecular complexity index is 1310. The van der Waals surface area contributed by atoms with E-state index in [1.165, 1.54) is 17.2 Å². The third-order valence-electron chi connectivity index (χ3n) is 6.65. The van der Waals surface area contributed by atoms with E-state index in [0.29, 0.717) is 13.0 Å². The molecule has 1 aliphatic rings. The van der Waals surface area contributed by atoms with Gasteiger partial charge < -0.3 is 10.3 Å². The highest BCUT2D eigenvalue weighted by atomic mass is 32.2. The van der Waals surface area contributed by atoms with Gasteiger partial charge in [0.15, 0.2) is 5.16 Å². The van der Waals surface area contributed by atoms with Crippen LogP contribution in [-0.2, 0) is 0 Å². The monoisotopic (exact) mass is 496 g/mol. The van der Waals surface area contributed by atoms with Crippen molar-refractivity contribution in [2.75, 3.05) is 18.1 Å². The minimum Gasteiger partial charge on any atom is -0.369 e. The van der Waals surface area contributed by atoms with E-state index >= 15 is 0 Å². The van der Waals surface area contributed by atoms with Gasteiger partial charge in [-0.05, 0) is 42.0 Å². The van der Waals surface area contributed by atoms with Gasteiger partial charge in [-0.2, -0.15) is 0 Å². The molecule has 6 heteroatoms. The standard InChI is InChI=1S/C30H29FN4S/c1-3-30(31)19-24(30)14-15-26-28(35-29(34-26)36-2)23-16-17-32-27(18-23)33-20-25(21-10-6-4-7-11-21)22-12-8-5-9-13-22/h3-18,24-25H,1,19-20H2,2H3,(H,32,33)(H,34,35)/b15-14+. The SMILES string of the molecule is C=CC1(F)CC1/C=C/c1[nH]c(SC)nc1-c1ccnc(NCC(c2ccccc2)c2ccccc2)c1. The maximum atomic E-state index is 14.3. The summed E-state index contributed by atoms with van der Waals surface area (Å²) in [6, 6.07) is 25.0. The highest BCUT2D eigenvalue weighted by Crippen LogP contribution is 2.49. The van der Waals surface area contributed by atoms with Crippen molar-refractivity contribution in [3.8, 4) is 11.3 Å². The number of hydrogen-bond donors (Lipinski definition) is 2. The molecule has 2 aromatic carbocycles. The Morgan fingerprint density at radius 3 is 2.44 bits per heavy atom. The first kappa shape index (κ1) is 24.1. The van der Waals surface area contributed by atoms with Crippen molar-refractivity contribution in [1.29, 1.82) is 0 Å². The molecule has 182 valence electrons. The van der Waals surface area contributed by atoms with Crippen LogP contribution in [-0.4, -0.2) is 33.4 Å². The molecule has 36 heavy (non-hydrogen) atoms. The number of hydrogen-bond acceptors (Lipinski definition) is 4. The van der Waals surface area contributed by atoms with Gasteiger partial charge in [-0.1, -0.05) is 91.2 Å². The number of anilines is 1. The summed E-state index contributed by atoms with van der Waals surface area (Å²) in [6.07, 6.45) is 9.51. The maximum Gasteiger partial charge on any atom is 0.166 e. The summed E-state index contributed by atoms with van der Waals surface area (Å²) in [5, 5.41) is 4.35. The number of pyridine rings is 1. The quantitative estimate of drug-likeness (QED) is 0.178. The molecular weight excluding hydrogens is 467 g/mol. The summed E-state index contributed by atoms with van der Waals surface area (Å²) in [6.45, 7) is 4.32. The van der Waals surface area contributed by atoms with Crippen LogP contribution in [0.2, 0.25) is 0 Å². The van der Waals surface area contributed by atoms with Gasteiger partial charge in [0.05, 0.1) is 11.4 Å². The normalized spacial score (nSPS) is 19.0. The average molecular weight is 497 g/mol. The number of nitrogens with one attached hydrogen (secondary N) is 2. The van der Waals surface area contributed by atoms with E-state index in [1.54, 1.807) is 18.0 Å². The minimum absolute atomic E-state index is 0.133. The van der Waals surface area contributed by atoms with Crippen molar-refractivity contribution in [2.45, 2.75) is 23.2 Å². The molecule has 4 nitrogen and oxygen atoms in total. The van der Waals surface area contributed by atoms with Crippen LogP contribution in [0.5, 0.6) is 0 Å². The Balaban J connectivity index is 1.38. The summed E-state index contributed by atoms with van der Waals surface area (Å²) in [5.74, 6) is 0.838. The van der Waals surface area contributed by atoms with E-state index in [0.717, 1.165) is 27.9 Å². The predicted molar refractivity (Wildman–Crippen MR) is 148 cm³/mol. The van der Waals surface area contributed by atoms with E-state index in [4.69, 9.17) is 4.98 Å². The van der Waals surface area contributed by atoms with Gasteiger partial charge in [0.1, 0.15) is 11.5 Å². The molecule has 2 N–H and O–H groups in total. The number of thioether (sulfide) groups is 1. The number of alkyl halides is 1. The molecule has 0 bridgehead atoms. The molecule has 2 aromatic heterocycles. The van der Waals surface area contributed by atoms with E-state index < -0.39 is 5.67 Å². The van der Waals surface area contributed by atoms with Crippen molar-refractivity contribution in [3.63, 3.8) is 0 Å². The summed E-state index contributed by atoms with van der Waals surface area (Å²) in [7, 11) is 0. The van der Waals surface area contributed by atoms with Crippen molar-refractivity contribution < 1.29 is 4.39 Å². The second-order valence-corrected chi connectivity index (χ2v) is 9.79. The number of aromatic amines is 1. The van der Waals surface area contributed by atoms with Gasteiger partial charge in [-0.25, -0.2) is 14.4 Å². The molecule has 2 unspecified atom stereocenters. The fourth-order valence-corrected chi connectivity index (χ4v) is 4.83. The first-order chi connectivity index (χ1) is 17.6. The molecule has 0 spiro atoms. The number of benzene rings is 2. The zero-order valence-corrected chi connectivity index (χ0v) is 21.0. The lowest BCUT2D eigenvalue weighted by atomic mass is 9.91. The van der Waals surface area contributed by atoms with Gasteiger partial charge in [0.25, 0.3) is 0 Å². The summed E-state index contributed by atoms with van der Waals surface area (Å²) in [5.41, 5.74) is 3.86. The molecule has 0 amide bonds. The first-order valence-electron chi connectivity index (χ1n) is 12.0. The van der Waals surface area contributed by atoms with Crippen LogP contribution < -0.4 is 5.32 Å². The Kier molecular flexibility index (Phi) is 7.05. The topological polar surface area (TPSA) is 53.6 Å². The Morgan fingerprint density at radius 1 is 1.14 bits per heavy atom. The van der Waals surface area contributed by atoms with Crippen molar-refractivity contribution in [1.82, 2.24) is 15.0 Å². The Labute approximate surface area is 215 Å². The molecular formula is C30H29FN4S. The second kappa shape index (κ2) is 10.5. The predicted octanol–water partition coefficient (Wildman–Crippen LogP) is 7.37. The summed E-state index contributed by atoms with van der Waals surface area (Å²) in [4.78, 5) is 12.7. The second-order valence-electron chi connectivity index (χ2n) is 8.99. The van der Waals surface area contributed by atoms with Crippen LogP contribution in [0.1, 0.15) is 29.2 Å². The number of H-pyrrole nitrogens is 1. The number of allylic oxidation sites excluding steroid dienone is 2. The van der Waals surface area contributed by atoms with Crippen LogP contribution in [0.3, 0.4) is 0 Å². The van der Waals surface area contributed by atoms with Gasteiger partial charge >= 0.3 is 0 Å². The summed E-state index contributed by atoms with van der Waals surface area (Å²) >= 11 is 1.54. The van der Waals surface area contributed by atoms with E-state index in [2.05, 4.69) is 70.4 Å². The van der Waals surface area contributed by atoms with E-state index in [9.17, 15) is 4.39 Å². The van der Waals surface area contributed by atoms with Crippen LogP contribution >= 0.6 is 11.8 Å². The van der Waals surface area contributed by atoms with Gasteiger partial charge in [0, 0.05) is 30.1 Å². The van der Waals surface area contributed by atoms with Crippen LogP contribution in [0.15, 0.2) is 103 Å². The van der Waals surface area contributed by atoms with E-state index in [1.807, 2.05) is 42.7 Å². The largest absolute Gasteiger partial charge is 0.369 e. The molecule has 1 saturated carbocycles. The molecule has 2 atom stereocenters. The lowest BCUT2D eigenvalue weighted by Crippen LogP contribution is -2.14. The van der Waals surface area contributed by atoms with Crippen molar-refractivity contribution in [3.05, 3.63) is 115 Å². The fourth-order valence-electron chi connectivity index (χ4n) is 4.43. The lowest BCUT2D eigenvalue weighted by Gasteiger charge is -2.19. The molecule has 0 aliphatic heterocycles. The van der Waals surface area contributed by atoms with Crippen molar-refractivity contribution >= 4 is 23.7 Å². The van der Waals surface area contributed by atoms with Crippen LogP contribution in [0, 0.1) is 5.92 Å². The Hall–Kier alpha value is -3.64. The smallest absolute Gasteiger partial charge is 0.166 e. The van der Waals surface area contributed by atoms with Crippen molar-refractivity contribution in [2.24, 2.45) is 5.92 Å². The zero-order valence-electron chi connectivity index (χ0n) is 20.2. The average Bonchev–Trinajstić information content (AvgIpc) is 3.40. The fraction of sp³-hybridized carbons (Fsp3) is 0.200. The highest BCUT2D eigenvalue weighted by molar-refractivity contribution is 7.98. The third-order valence-corrected chi connectivity index (χ3v) is 7.23. The summed E-state index contributed by atoms with van der Waals surface area (Å²) < 4.78 is 14.3. The number of imidazole rings is 1. The third kappa shape index (κ3) is 5.29. The van der Waals surface area contributed by atoms with E-state index in [-0.39, 0.29) is 11.8 Å². The Morgan fingerprint density at radius 2 is 1.83 bits per heavy atom. The molecule has 0 radical (unpaired) electrons. The zero-order chi connectivity index (χ0) is 25.0.